The molecule has 1 saturated carbocycles. The van der Waals surface area contributed by atoms with Crippen molar-refractivity contribution < 1.29 is 9.53 Å². The van der Waals surface area contributed by atoms with Crippen LogP contribution in [0.15, 0.2) is 0 Å². The van der Waals surface area contributed by atoms with Crippen LogP contribution in [0, 0.1) is 5.92 Å². The minimum absolute atomic E-state index is 0.134. The van der Waals surface area contributed by atoms with E-state index in [9.17, 15) is 4.79 Å². The molecule has 14 heavy (non-hydrogen) atoms. The summed E-state index contributed by atoms with van der Waals surface area (Å²) in [6.07, 6.45) is 5.09. The van der Waals surface area contributed by atoms with Crippen molar-refractivity contribution in [2.45, 2.75) is 45.6 Å². The predicted molar refractivity (Wildman–Crippen MR) is 56.1 cm³/mol. The Kier molecular flexibility index (Phi) is 4.94. The molecule has 2 unspecified atom stereocenters. The van der Waals surface area contributed by atoms with Gasteiger partial charge in [0.15, 0.2) is 0 Å². The van der Waals surface area contributed by atoms with Crippen LogP contribution in [0.5, 0.6) is 0 Å². The first-order chi connectivity index (χ1) is 6.74. The Balaban J connectivity index is 2.19. The maximum atomic E-state index is 11.1. The Bertz CT molecular complexity index is 182. The van der Waals surface area contributed by atoms with E-state index in [1.54, 1.807) is 0 Å². The number of hydrogen-bond acceptors (Lipinski definition) is 3. The molecule has 0 aliphatic heterocycles. The lowest BCUT2D eigenvalue weighted by molar-refractivity contribution is -0.142. The number of esters is 1. The second-order valence-electron chi connectivity index (χ2n) is 4.05. The number of rotatable bonds is 4. The topological polar surface area (TPSA) is 38.3 Å². The van der Waals surface area contributed by atoms with Crippen molar-refractivity contribution in [2.75, 3.05) is 13.2 Å². The molecule has 1 aliphatic rings. The van der Waals surface area contributed by atoms with E-state index in [-0.39, 0.29) is 5.97 Å². The van der Waals surface area contributed by atoms with Gasteiger partial charge in [0.1, 0.15) is 0 Å². The second kappa shape index (κ2) is 6.02. The molecule has 0 radical (unpaired) electrons. The molecule has 1 aliphatic carbocycles. The van der Waals surface area contributed by atoms with Crippen molar-refractivity contribution in [3.63, 3.8) is 0 Å². The highest BCUT2D eigenvalue weighted by atomic mass is 16.5. The van der Waals surface area contributed by atoms with Crippen LogP contribution in [0.2, 0.25) is 0 Å². The zero-order chi connectivity index (χ0) is 10.4. The fourth-order valence-corrected chi connectivity index (χ4v) is 2.05. The first-order valence-electron chi connectivity index (χ1n) is 5.63. The highest BCUT2D eigenvalue weighted by Crippen LogP contribution is 2.23. The predicted octanol–water partition coefficient (Wildman–Crippen LogP) is 1.72. The zero-order valence-corrected chi connectivity index (χ0v) is 9.21. The molecule has 1 rings (SSSR count). The van der Waals surface area contributed by atoms with Crippen molar-refractivity contribution in [3.8, 4) is 0 Å². The van der Waals surface area contributed by atoms with Gasteiger partial charge in [-0.25, -0.2) is 0 Å². The monoisotopic (exact) mass is 199 g/mol. The van der Waals surface area contributed by atoms with E-state index in [4.69, 9.17) is 4.74 Å². The molecule has 3 heteroatoms. The first-order valence-corrected chi connectivity index (χ1v) is 5.63. The first kappa shape index (κ1) is 11.5. The SMILES string of the molecule is CCOC(=O)CNC1CCCCC1C. The zero-order valence-electron chi connectivity index (χ0n) is 9.21. The van der Waals surface area contributed by atoms with Crippen molar-refractivity contribution in [2.24, 2.45) is 5.92 Å². The van der Waals surface area contributed by atoms with Crippen LogP contribution in [-0.4, -0.2) is 25.2 Å². The molecule has 0 spiro atoms. The Morgan fingerprint density at radius 2 is 2.14 bits per heavy atom. The van der Waals surface area contributed by atoms with E-state index < -0.39 is 0 Å². The van der Waals surface area contributed by atoms with Gasteiger partial charge < -0.3 is 10.1 Å². The summed E-state index contributed by atoms with van der Waals surface area (Å²) in [6, 6.07) is 0.508. The summed E-state index contributed by atoms with van der Waals surface area (Å²) >= 11 is 0. The summed E-state index contributed by atoms with van der Waals surface area (Å²) in [5.41, 5.74) is 0. The Labute approximate surface area is 86.2 Å². The Morgan fingerprint density at radius 1 is 1.43 bits per heavy atom. The van der Waals surface area contributed by atoms with Crippen LogP contribution in [0.1, 0.15) is 39.5 Å². The smallest absolute Gasteiger partial charge is 0.319 e. The molecule has 2 atom stereocenters. The number of nitrogens with one attached hydrogen (secondary N) is 1. The van der Waals surface area contributed by atoms with Crippen LogP contribution >= 0.6 is 0 Å². The average molecular weight is 199 g/mol. The summed E-state index contributed by atoms with van der Waals surface area (Å²) in [7, 11) is 0. The summed E-state index contributed by atoms with van der Waals surface area (Å²) < 4.78 is 4.87. The van der Waals surface area contributed by atoms with Gasteiger partial charge in [0.2, 0.25) is 0 Å². The summed E-state index contributed by atoms with van der Waals surface area (Å²) in [5, 5.41) is 3.28. The van der Waals surface area contributed by atoms with E-state index >= 15 is 0 Å². The van der Waals surface area contributed by atoms with E-state index in [1.165, 1.54) is 25.7 Å². The molecule has 82 valence electrons. The minimum Gasteiger partial charge on any atom is -0.465 e. The number of carbonyl (C=O) groups is 1. The lowest BCUT2D eigenvalue weighted by Crippen LogP contribution is -2.40. The van der Waals surface area contributed by atoms with Gasteiger partial charge in [0.25, 0.3) is 0 Å². The van der Waals surface area contributed by atoms with Gasteiger partial charge in [-0.1, -0.05) is 19.8 Å². The second-order valence-corrected chi connectivity index (χ2v) is 4.05. The molecule has 3 nitrogen and oxygen atoms in total. The molecular weight excluding hydrogens is 178 g/mol. The van der Waals surface area contributed by atoms with E-state index in [0.29, 0.717) is 25.1 Å². The molecule has 0 aromatic heterocycles. The van der Waals surface area contributed by atoms with Gasteiger partial charge in [-0.15, -0.1) is 0 Å². The van der Waals surface area contributed by atoms with Gasteiger partial charge in [0.05, 0.1) is 13.2 Å². The molecule has 1 fully saturated rings. The highest BCUT2D eigenvalue weighted by molar-refractivity contribution is 5.71. The van der Waals surface area contributed by atoms with Crippen molar-refractivity contribution in [1.29, 1.82) is 0 Å². The molecule has 0 aromatic carbocycles. The minimum atomic E-state index is -0.134. The Hall–Kier alpha value is -0.570. The summed E-state index contributed by atoms with van der Waals surface area (Å²) in [4.78, 5) is 11.1. The van der Waals surface area contributed by atoms with Crippen molar-refractivity contribution in [3.05, 3.63) is 0 Å². The third-order valence-corrected chi connectivity index (χ3v) is 2.93. The van der Waals surface area contributed by atoms with E-state index in [0.717, 1.165) is 0 Å². The van der Waals surface area contributed by atoms with Gasteiger partial charge in [-0.05, 0) is 25.7 Å². The third-order valence-electron chi connectivity index (χ3n) is 2.93. The van der Waals surface area contributed by atoms with Crippen molar-refractivity contribution >= 4 is 5.97 Å². The normalized spacial score (nSPS) is 27.3. The molecule has 0 bridgehead atoms. The third kappa shape index (κ3) is 3.66. The molecular formula is C11H21NO2. The van der Waals surface area contributed by atoms with E-state index in [2.05, 4.69) is 12.2 Å². The van der Waals surface area contributed by atoms with Gasteiger partial charge in [0, 0.05) is 6.04 Å². The maximum absolute atomic E-state index is 11.1. The molecule has 0 heterocycles. The molecule has 0 amide bonds. The van der Waals surface area contributed by atoms with Gasteiger partial charge in [-0.2, -0.15) is 0 Å². The van der Waals surface area contributed by atoms with Crippen LogP contribution in [-0.2, 0) is 9.53 Å². The standard InChI is InChI=1S/C11H21NO2/c1-3-14-11(13)8-12-10-7-5-4-6-9(10)2/h9-10,12H,3-8H2,1-2H3. The average Bonchev–Trinajstić information content (AvgIpc) is 2.17. The number of ether oxygens (including phenoxy) is 1. The van der Waals surface area contributed by atoms with Crippen LogP contribution < -0.4 is 5.32 Å². The van der Waals surface area contributed by atoms with Gasteiger partial charge in [-0.3, -0.25) is 4.79 Å². The van der Waals surface area contributed by atoms with Crippen LogP contribution in [0.25, 0.3) is 0 Å². The number of hydrogen-bond donors (Lipinski definition) is 1. The fourth-order valence-electron chi connectivity index (χ4n) is 2.05. The Morgan fingerprint density at radius 3 is 2.79 bits per heavy atom. The van der Waals surface area contributed by atoms with Crippen molar-refractivity contribution in [1.82, 2.24) is 5.32 Å². The number of carbonyl (C=O) groups excluding carboxylic acids is 1. The quantitative estimate of drug-likeness (QED) is 0.701. The lowest BCUT2D eigenvalue weighted by atomic mass is 9.86. The summed E-state index contributed by atoms with van der Waals surface area (Å²) in [6.45, 7) is 4.92. The fraction of sp³-hybridized carbons (Fsp3) is 0.909. The molecule has 1 N–H and O–H groups in total. The maximum Gasteiger partial charge on any atom is 0.319 e. The van der Waals surface area contributed by atoms with Crippen LogP contribution in [0.3, 0.4) is 0 Å². The van der Waals surface area contributed by atoms with E-state index in [1.807, 2.05) is 6.92 Å². The summed E-state index contributed by atoms with van der Waals surface area (Å²) in [5.74, 6) is 0.559. The molecule has 0 aromatic rings. The molecule has 0 saturated heterocycles. The van der Waals surface area contributed by atoms with Gasteiger partial charge >= 0.3 is 5.97 Å². The largest absolute Gasteiger partial charge is 0.465 e. The van der Waals surface area contributed by atoms with Crippen LogP contribution in [0.4, 0.5) is 0 Å². The highest BCUT2D eigenvalue weighted by Gasteiger charge is 2.21. The lowest BCUT2D eigenvalue weighted by Gasteiger charge is -2.29.